The number of aryl methyl sites for hydroxylation is 1. The van der Waals surface area contributed by atoms with Crippen LogP contribution in [0.15, 0.2) is 63.9 Å². The predicted molar refractivity (Wildman–Crippen MR) is 117 cm³/mol. The van der Waals surface area contributed by atoms with Gasteiger partial charge in [-0.2, -0.15) is 5.10 Å². The molecule has 0 bridgehead atoms. The second kappa shape index (κ2) is 9.18. The summed E-state index contributed by atoms with van der Waals surface area (Å²) in [6.45, 7) is 3.55. The molecule has 0 N–H and O–H groups in total. The molecule has 29 heavy (non-hydrogen) atoms. The van der Waals surface area contributed by atoms with Crippen LogP contribution in [-0.2, 0) is 17.6 Å². The number of ether oxygens (including phenoxy) is 1. The van der Waals surface area contributed by atoms with Crippen molar-refractivity contribution in [1.82, 2.24) is 9.78 Å². The maximum atomic E-state index is 13.1. The van der Waals surface area contributed by atoms with Crippen molar-refractivity contribution in [3.63, 3.8) is 0 Å². The van der Waals surface area contributed by atoms with E-state index < -0.39 is 6.04 Å². The number of benzene rings is 2. The van der Waals surface area contributed by atoms with E-state index >= 15 is 0 Å². The molecule has 0 aliphatic rings. The van der Waals surface area contributed by atoms with Crippen molar-refractivity contribution in [2.75, 3.05) is 7.11 Å². The molecule has 5 nitrogen and oxygen atoms in total. The van der Waals surface area contributed by atoms with Crippen molar-refractivity contribution in [1.29, 1.82) is 0 Å². The lowest BCUT2D eigenvalue weighted by Gasteiger charge is -2.16. The zero-order valence-corrected chi connectivity index (χ0v) is 18.3. The third-order valence-electron chi connectivity index (χ3n) is 4.82. The van der Waals surface area contributed by atoms with Gasteiger partial charge in [-0.1, -0.05) is 46.3 Å². The molecule has 0 saturated carbocycles. The number of rotatable bonds is 7. The van der Waals surface area contributed by atoms with Gasteiger partial charge in [0.05, 0.1) is 12.8 Å². The zero-order chi connectivity index (χ0) is 21.0. The molecular weight excluding hydrogens is 432 g/mol. The minimum absolute atomic E-state index is 0.0653. The lowest BCUT2D eigenvalue weighted by atomic mass is 10.0. The Kier molecular flexibility index (Phi) is 6.64. The van der Waals surface area contributed by atoms with E-state index in [0.717, 1.165) is 21.3 Å². The topological polar surface area (TPSA) is 61.2 Å². The Morgan fingerprint density at radius 3 is 2.62 bits per heavy atom. The number of nitrogens with zero attached hydrogens (tertiary/aromatic N) is 2. The highest BCUT2D eigenvalue weighted by molar-refractivity contribution is 9.10. The Hall–Kier alpha value is -2.73. The third-order valence-corrected chi connectivity index (χ3v) is 5.59. The average molecular weight is 455 g/mol. The Balaban J connectivity index is 1.88. The minimum atomic E-state index is -0.654. The normalized spacial score (nSPS) is 11.9. The first-order valence-corrected chi connectivity index (χ1v) is 10.2. The lowest BCUT2D eigenvalue weighted by molar-refractivity contribution is -0.121. The molecule has 0 amide bonds. The average Bonchev–Trinajstić information content (AvgIpc) is 2.71. The second-order valence-electron chi connectivity index (χ2n) is 7.00. The molecule has 1 unspecified atom stereocenters. The first-order valence-electron chi connectivity index (χ1n) is 9.37. The first-order chi connectivity index (χ1) is 13.9. The van der Waals surface area contributed by atoms with E-state index in [1.54, 1.807) is 20.1 Å². The van der Waals surface area contributed by atoms with Crippen LogP contribution in [0, 0.1) is 6.92 Å². The molecule has 0 fully saturated rings. The highest BCUT2D eigenvalue weighted by Gasteiger charge is 2.20. The second-order valence-corrected chi connectivity index (χ2v) is 7.85. The van der Waals surface area contributed by atoms with Gasteiger partial charge in [-0.15, -0.1) is 0 Å². The molecule has 1 aromatic heterocycles. The van der Waals surface area contributed by atoms with E-state index in [1.807, 2.05) is 55.5 Å². The smallest absolute Gasteiger partial charge is 0.270 e. The summed E-state index contributed by atoms with van der Waals surface area (Å²) >= 11 is 3.47. The highest BCUT2D eigenvalue weighted by Crippen LogP contribution is 2.19. The molecule has 150 valence electrons. The third kappa shape index (κ3) is 5.01. The van der Waals surface area contributed by atoms with E-state index in [2.05, 4.69) is 21.0 Å². The number of hydrogen-bond acceptors (Lipinski definition) is 4. The molecule has 3 rings (SSSR count). The molecule has 2 aromatic carbocycles. The number of aromatic nitrogens is 2. The van der Waals surface area contributed by atoms with Crippen LogP contribution in [0.1, 0.15) is 35.3 Å². The fraction of sp³-hybridized carbons (Fsp3) is 0.261. The number of methoxy groups -OCH3 is 1. The number of Topliss-reactive ketones (excluding diaryl/α,β-unsaturated/α-hetero) is 1. The fourth-order valence-electron chi connectivity index (χ4n) is 3.21. The zero-order valence-electron chi connectivity index (χ0n) is 16.7. The Morgan fingerprint density at radius 2 is 1.90 bits per heavy atom. The maximum absolute atomic E-state index is 13.1. The van der Waals surface area contributed by atoms with Crippen molar-refractivity contribution in [2.24, 2.45) is 0 Å². The van der Waals surface area contributed by atoms with Crippen LogP contribution in [0.3, 0.4) is 0 Å². The lowest BCUT2D eigenvalue weighted by Crippen LogP contribution is -2.33. The van der Waals surface area contributed by atoms with E-state index in [4.69, 9.17) is 4.74 Å². The summed E-state index contributed by atoms with van der Waals surface area (Å²) in [5.74, 6) is 0.676. The molecular formula is C23H23BrN2O3. The van der Waals surface area contributed by atoms with E-state index in [0.29, 0.717) is 17.7 Å². The summed E-state index contributed by atoms with van der Waals surface area (Å²) in [5.41, 5.74) is 2.91. The minimum Gasteiger partial charge on any atom is -0.497 e. The van der Waals surface area contributed by atoms with Crippen molar-refractivity contribution in [2.45, 2.75) is 32.7 Å². The molecule has 0 radical (unpaired) electrons. The van der Waals surface area contributed by atoms with Crippen LogP contribution in [-0.4, -0.2) is 22.7 Å². The van der Waals surface area contributed by atoms with Crippen LogP contribution in [0.25, 0.3) is 0 Å². The van der Waals surface area contributed by atoms with Gasteiger partial charge < -0.3 is 4.74 Å². The molecule has 0 spiro atoms. The molecule has 6 heteroatoms. The van der Waals surface area contributed by atoms with Crippen LogP contribution in [0.5, 0.6) is 5.75 Å². The molecule has 0 aliphatic heterocycles. The molecule has 1 atom stereocenters. The van der Waals surface area contributed by atoms with Gasteiger partial charge >= 0.3 is 0 Å². The van der Waals surface area contributed by atoms with Gasteiger partial charge in [0.15, 0.2) is 5.78 Å². The number of ketones is 1. The van der Waals surface area contributed by atoms with Gasteiger partial charge in [0, 0.05) is 22.9 Å². The number of carbonyl (C=O) groups excluding carboxylic acids is 1. The molecule has 0 aliphatic carbocycles. The molecule has 3 aromatic rings. The van der Waals surface area contributed by atoms with E-state index in [-0.39, 0.29) is 17.8 Å². The quantitative estimate of drug-likeness (QED) is 0.534. The van der Waals surface area contributed by atoms with Crippen LogP contribution in [0.2, 0.25) is 0 Å². The van der Waals surface area contributed by atoms with E-state index in [1.165, 1.54) is 4.68 Å². The first kappa shape index (κ1) is 21.0. The number of halogens is 1. The Morgan fingerprint density at radius 1 is 1.14 bits per heavy atom. The van der Waals surface area contributed by atoms with Crippen LogP contribution >= 0.6 is 15.9 Å². The van der Waals surface area contributed by atoms with Gasteiger partial charge in [-0.05, 0) is 49.2 Å². The van der Waals surface area contributed by atoms with E-state index in [9.17, 15) is 9.59 Å². The summed E-state index contributed by atoms with van der Waals surface area (Å²) in [6.07, 6.45) is 0.681. The van der Waals surface area contributed by atoms with Gasteiger partial charge in [0.1, 0.15) is 11.8 Å². The highest BCUT2D eigenvalue weighted by atomic mass is 79.9. The van der Waals surface area contributed by atoms with Crippen LogP contribution < -0.4 is 10.3 Å². The predicted octanol–water partition coefficient (Wildman–Crippen LogP) is 4.29. The van der Waals surface area contributed by atoms with Crippen molar-refractivity contribution in [3.8, 4) is 5.75 Å². The van der Waals surface area contributed by atoms with Crippen LogP contribution in [0.4, 0.5) is 0 Å². The van der Waals surface area contributed by atoms with Crippen molar-refractivity contribution in [3.05, 3.63) is 91.8 Å². The number of hydrogen-bond donors (Lipinski definition) is 0. The standard InChI is InChI=1S/C23H23BrN2O3/c1-15-11-19(12-17-7-6-9-20(13-17)29-3)23(28)26(25-15)16(2)22(27)14-18-8-4-5-10-21(18)24/h4-11,13,16H,12,14H2,1-3H3. The van der Waals surface area contributed by atoms with Gasteiger partial charge in [-0.25, -0.2) is 4.68 Å². The summed E-state index contributed by atoms with van der Waals surface area (Å²) in [6, 6.07) is 16.3. The number of carbonyl (C=O) groups is 1. The monoisotopic (exact) mass is 454 g/mol. The van der Waals surface area contributed by atoms with Crippen molar-refractivity contribution < 1.29 is 9.53 Å². The maximum Gasteiger partial charge on any atom is 0.270 e. The SMILES string of the molecule is COc1cccc(Cc2cc(C)nn(C(C)C(=O)Cc3ccccc3Br)c2=O)c1. The fourth-order valence-corrected chi connectivity index (χ4v) is 3.64. The van der Waals surface area contributed by atoms with Crippen molar-refractivity contribution >= 4 is 21.7 Å². The summed E-state index contributed by atoms with van der Waals surface area (Å²) in [5, 5.41) is 4.34. The molecule has 1 heterocycles. The van der Waals surface area contributed by atoms with Gasteiger partial charge in [0.25, 0.3) is 5.56 Å². The Bertz CT molecular complexity index is 1090. The summed E-state index contributed by atoms with van der Waals surface area (Å²) < 4.78 is 7.45. The Labute approximate surface area is 178 Å². The largest absolute Gasteiger partial charge is 0.497 e. The summed E-state index contributed by atoms with van der Waals surface area (Å²) in [4.78, 5) is 25.9. The van der Waals surface area contributed by atoms with Gasteiger partial charge in [-0.3, -0.25) is 9.59 Å². The summed E-state index contributed by atoms with van der Waals surface area (Å²) in [7, 11) is 1.61. The molecule has 0 saturated heterocycles. The van der Waals surface area contributed by atoms with Gasteiger partial charge in [0.2, 0.25) is 0 Å².